The van der Waals surface area contributed by atoms with Gasteiger partial charge in [0.15, 0.2) is 5.76 Å². The van der Waals surface area contributed by atoms with Gasteiger partial charge in [-0.1, -0.05) is 11.6 Å². The highest BCUT2D eigenvalue weighted by atomic mass is 35.5. The van der Waals surface area contributed by atoms with E-state index in [0.717, 1.165) is 5.69 Å². The van der Waals surface area contributed by atoms with Crippen molar-refractivity contribution < 1.29 is 13.9 Å². The summed E-state index contributed by atoms with van der Waals surface area (Å²) in [5.74, 6) is 1.34. The summed E-state index contributed by atoms with van der Waals surface area (Å²) in [6, 6.07) is 12.3. The predicted octanol–water partition coefficient (Wildman–Crippen LogP) is 3.52. The van der Waals surface area contributed by atoms with E-state index in [1.807, 2.05) is 13.1 Å². The van der Waals surface area contributed by atoms with Gasteiger partial charge in [0.05, 0.1) is 12.2 Å². The van der Waals surface area contributed by atoms with Crippen molar-refractivity contribution in [2.75, 3.05) is 7.05 Å². The van der Waals surface area contributed by atoms with Gasteiger partial charge >= 0.3 is 0 Å². The molecule has 0 radical (unpaired) electrons. The molecule has 0 aliphatic heterocycles. The van der Waals surface area contributed by atoms with Gasteiger partial charge < -0.3 is 14.1 Å². The molecule has 7 heteroatoms. The lowest BCUT2D eigenvalue weighted by Gasteiger charge is -2.15. The average Bonchev–Trinajstić information content (AvgIpc) is 3.23. The molecule has 0 fully saturated rings. The number of aromatic nitrogens is 2. The molecule has 0 atom stereocenters. The number of halogens is 1. The number of hydrogen-bond acceptors (Lipinski definition) is 4. The summed E-state index contributed by atoms with van der Waals surface area (Å²) in [6.07, 6.45) is 1.70. The second-order valence-electron chi connectivity index (χ2n) is 5.62. The lowest BCUT2D eigenvalue weighted by molar-refractivity contribution is 0.0746. The van der Waals surface area contributed by atoms with Crippen LogP contribution in [0.1, 0.15) is 22.0 Å². The van der Waals surface area contributed by atoms with E-state index in [9.17, 15) is 4.79 Å². The van der Waals surface area contributed by atoms with E-state index in [2.05, 4.69) is 5.10 Å². The molecule has 130 valence electrons. The Morgan fingerprint density at radius 3 is 2.68 bits per heavy atom. The van der Waals surface area contributed by atoms with Crippen molar-refractivity contribution in [1.29, 1.82) is 0 Å². The van der Waals surface area contributed by atoms with Crippen molar-refractivity contribution in [3.05, 3.63) is 70.9 Å². The maximum absolute atomic E-state index is 12.5. The second kappa shape index (κ2) is 7.44. The van der Waals surface area contributed by atoms with Crippen LogP contribution in [-0.2, 0) is 20.2 Å². The average molecular weight is 360 g/mol. The third-order valence-corrected chi connectivity index (χ3v) is 3.99. The first-order chi connectivity index (χ1) is 12.0. The molecule has 1 amide bonds. The van der Waals surface area contributed by atoms with E-state index in [-0.39, 0.29) is 18.3 Å². The fourth-order valence-corrected chi connectivity index (χ4v) is 2.44. The van der Waals surface area contributed by atoms with E-state index in [1.165, 1.54) is 0 Å². The molecule has 0 saturated carbocycles. The molecule has 3 rings (SSSR count). The van der Waals surface area contributed by atoms with Crippen molar-refractivity contribution in [2.45, 2.75) is 13.2 Å². The molecule has 2 heterocycles. The van der Waals surface area contributed by atoms with Crippen molar-refractivity contribution >= 4 is 17.5 Å². The monoisotopic (exact) mass is 359 g/mol. The Bertz CT molecular complexity index is 855. The van der Waals surface area contributed by atoms with Crippen LogP contribution in [0.25, 0.3) is 0 Å². The second-order valence-corrected chi connectivity index (χ2v) is 6.05. The minimum absolute atomic E-state index is 0.195. The van der Waals surface area contributed by atoms with Gasteiger partial charge in [-0.15, -0.1) is 0 Å². The number of amides is 1. The van der Waals surface area contributed by atoms with Crippen LogP contribution < -0.4 is 4.74 Å². The quantitative estimate of drug-likeness (QED) is 0.675. The number of rotatable bonds is 6. The summed E-state index contributed by atoms with van der Waals surface area (Å²) in [6.45, 7) is 0.687. The number of furan rings is 1. The third-order valence-electron chi connectivity index (χ3n) is 3.74. The molecule has 0 spiro atoms. The van der Waals surface area contributed by atoms with E-state index >= 15 is 0 Å². The van der Waals surface area contributed by atoms with Crippen molar-refractivity contribution in [3.63, 3.8) is 0 Å². The summed E-state index contributed by atoms with van der Waals surface area (Å²) >= 11 is 5.84. The molecule has 0 aliphatic carbocycles. The molecule has 1 aromatic carbocycles. The first-order valence-corrected chi connectivity index (χ1v) is 8.10. The minimum Gasteiger partial charge on any atom is -0.486 e. The molecular formula is C18H18ClN3O3. The number of hydrogen-bond donors (Lipinski definition) is 0. The van der Waals surface area contributed by atoms with Gasteiger partial charge in [-0.3, -0.25) is 9.48 Å². The molecule has 0 unspecified atom stereocenters. The zero-order valence-corrected chi connectivity index (χ0v) is 14.7. The van der Waals surface area contributed by atoms with Crippen LogP contribution in [0.3, 0.4) is 0 Å². The van der Waals surface area contributed by atoms with Crippen LogP contribution in [0.4, 0.5) is 0 Å². The Labute approximate surface area is 150 Å². The molecule has 2 aromatic heterocycles. The fourth-order valence-electron chi connectivity index (χ4n) is 2.32. The number of ether oxygens (including phenoxy) is 1. The van der Waals surface area contributed by atoms with E-state index < -0.39 is 0 Å². The fraction of sp³-hybridized carbons (Fsp3) is 0.222. The molecule has 0 bridgehead atoms. The largest absolute Gasteiger partial charge is 0.486 e. The topological polar surface area (TPSA) is 60.5 Å². The van der Waals surface area contributed by atoms with Gasteiger partial charge in [-0.2, -0.15) is 5.10 Å². The number of aryl methyl sites for hydroxylation is 1. The van der Waals surface area contributed by atoms with Crippen LogP contribution in [-0.4, -0.2) is 27.6 Å². The third kappa shape index (κ3) is 4.22. The smallest absolute Gasteiger partial charge is 0.289 e. The first-order valence-electron chi connectivity index (χ1n) is 7.72. The number of benzene rings is 1. The highest BCUT2D eigenvalue weighted by Gasteiger charge is 2.17. The van der Waals surface area contributed by atoms with Crippen LogP contribution in [0.5, 0.6) is 5.75 Å². The first kappa shape index (κ1) is 17.1. The molecule has 0 N–H and O–H groups in total. The highest BCUT2D eigenvalue weighted by Crippen LogP contribution is 2.18. The summed E-state index contributed by atoms with van der Waals surface area (Å²) in [5, 5.41) is 4.74. The maximum atomic E-state index is 12.5. The Morgan fingerprint density at radius 2 is 2.00 bits per heavy atom. The molecule has 0 saturated heterocycles. The number of carbonyl (C=O) groups excluding carboxylic acids is 1. The van der Waals surface area contributed by atoms with E-state index in [1.54, 1.807) is 59.2 Å². The summed E-state index contributed by atoms with van der Waals surface area (Å²) in [4.78, 5) is 14.0. The van der Waals surface area contributed by atoms with Crippen LogP contribution >= 0.6 is 11.6 Å². The Morgan fingerprint density at radius 1 is 1.24 bits per heavy atom. The van der Waals surface area contributed by atoms with Gasteiger partial charge in [-0.25, -0.2) is 0 Å². The molecule has 0 aliphatic rings. The predicted molar refractivity (Wildman–Crippen MR) is 93.5 cm³/mol. The maximum Gasteiger partial charge on any atom is 0.289 e. The Kier molecular flexibility index (Phi) is 5.09. The molecule has 3 aromatic rings. The van der Waals surface area contributed by atoms with Crippen molar-refractivity contribution in [3.8, 4) is 5.75 Å². The molecule has 25 heavy (non-hydrogen) atoms. The zero-order chi connectivity index (χ0) is 17.8. The number of nitrogens with zero attached hydrogens (tertiary/aromatic N) is 3. The lowest BCUT2D eigenvalue weighted by atomic mass is 10.3. The van der Waals surface area contributed by atoms with Crippen LogP contribution in [0, 0.1) is 0 Å². The van der Waals surface area contributed by atoms with Gasteiger partial charge in [0.1, 0.15) is 18.1 Å². The van der Waals surface area contributed by atoms with Gasteiger partial charge in [0, 0.05) is 25.3 Å². The Hall–Kier alpha value is -2.73. The zero-order valence-electron chi connectivity index (χ0n) is 14.0. The van der Waals surface area contributed by atoms with Crippen LogP contribution in [0.2, 0.25) is 5.02 Å². The summed E-state index contributed by atoms with van der Waals surface area (Å²) in [5.41, 5.74) is 0.939. The minimum atomic E-state index is -0.195. The Balaban J connectivity index is 1.59. The number of carbonyl (C=O) groups is 1. The highest BCUT2D eigenvalue weighted by molar-refractivity contribution is 6.30. The molecular weight excluding hydrogens is 342 g/mol. The standard InChI is InChI=1S/C18H18ClN3O3/c1-21(11-14-9-10-20-22(14)2)18(23)17-8-7-16(25-17)12-24-15-5-3-13(19)4-6-15/h3-10H,11-12H2,1-2H3. The van der Waals surface area contributed by atoms with Crippen molar-refractivity contribution in [2.24, 2.45) is 7.05 Å². The van der Waals surface area contributed by atoms with Gasteiger partial charge in [0.25, 0.3) is 5.91 Å². The van der Waals surface area contributed by atoms with Crippen molar-refractivity contribution in [1.82, 2.24) is 14.7 Å². The van der Waals surface area contributed by atoms with E-state index in [0.29, 0.717) is 23.1 Å². The van der Waals surface area contributed by atoms with Gasteiger partial charge in [-0.05, 0) is 42.5 Å². The SMILES string of the molecule is CN(Cc1ccnn1C)C(=O)c1ccc(COc2ccc(Cl)cc2)o1. The summed E-state index contributed by atoms with van der Waals surface area (Å²) in [7, 11) is 3.56. The lowest BCUT2D eigenvalue weighted by Crippen LogP contribution is -2.26. The molecule has 6 nitrogen and oxygen atoms in total. The van der Waals surface area contributed by atoms with E-state index in [4.69, 9.17) is 20.8 Å². The normalized spacial score (nSPS) is 10.7. The van der Waals surface area contributed by atoms with Crippen LogP contribution in [0.15, 0.2) is 53.1 Å². The van der Waals surface area contributed by atoms with Gasteiger partial charge in [0.2, 0.25) is 0 Å². The summed E-state index contributed by atoms with van der Waals surface area (Å²) < 4.78 is 12.9.